The lowest BCUT2D eigenvalue weighted by Crippen LogP contribution is -2.29. The molecular formula is C18H16N2OS. The van der Waals surface area contributed by atoms with E-state index in [2.05, 4.69) is 17.1 Å². The number of aryl methyl sites for hydroxylation is 1. The van der Waals surface area contributed by atoms with Gasteiger partial charge in [0.25, 0.3) is 5.17 Å². The third-order valence-corrected chi connectivity index (χ3v) is 3.77. The second kappa shape index (κ2) is 6.12. The lowest BCUT2D eigenvalue weighted by molar-refractivity contribution is 0.552. The van der Waals surface area contributed by atoms with Crippen LogP contribution < -0.4 is 9.64 Å². The van der Waals surface area contributed by atoms with Gasteiger partial charge in [-0.25, -0.2) is 4.98 Å². The van der Waals surface area contributed by atoms with Crippen molar-refractivity contribution in [3.8, 4) is 5.75 Å². The summed E-state index contributed by atoms with van der Waals surface area (Å²) >= 11 is 5.37. The van der Waals surface area contributed by atoms with Crippen LogP contribution in [-0.4, -0.2) is 17.2 Å². The number of ether oxygens (including phenoxy) is 1. The van der Waals surface area contributed by atoms with Gasteiger partial charge in [0, 0.05) is 12.7 Å². The molecule has 0 atom stereocenters. The van der Waals surface area contributed by atoms with E-state index >= 15 is 0 Å². The van der Waals surface area contributed by atoms with Gasteiger partial charge in [-0.1, -0.05) is 36.4 Å². The molecule has 2 aromatic carbocycles. The van der Waals surface area contributed by atoms with E-state index in [0.717, 1.165) is 22.6 Å². The molecule has 0 fully saturated rings. The Morgan fingerprint density at radius 2 is 1.77 bits per heavy atom. The minimum Gasteiger partial charge on any atom is -0.432 e. The number of nitrogens with zero attached hydrogens (tertiary/aromatic N) is 2. The summed E-state index contributed by atoms with van der Waals surface area (Å²) in [5.74, 6) is 1.49. The highest BCUT2D eigenvalue weighted by Crippen LogP contribution is 2.21. The third kappa shape index (κ3) is 3.07. The number of thiocarbonyl (C=S) groups is 1. The molecule has 0 aliphatic carbocycles. The predicted molar refractivity (Wildman–Crippen MR) is 94.6 cm³/mol. The molecule has 0 radical (unpaired) electrons. The van der Waals surface area contributed by atoms with Gasteiger partial charge in [0.05, 0.1) is 0 Å². The number of hydrogen-bond acceptors (Lipinski definition) is 3. The average molecular weight is 308 g/mol. The van der Waals surface area contributed by atoms with Crippen molar-refractivity contribution in [1.82, 2.24) is 4.98 Å². The molecule has 0 unspecified atom stereocenters. The zero-order chi connectivity index (χ0) is 15.5. The Kier molecular flexibility index (Phi) is 4.02. The maximum absolute atomic E-state index is 5.80. The van der Waals surface area contributed by atoms with Gasteiger partial charge >= 0.3 is 0 Å². The number of fused-ring (bicyclic) bond motifs is 1. The Morgan fingerprint density at radius 1 is 1.00 bits per heavy atom. The number of aromatic nitrogens is 1. The van der Waals surface area contributed by atoms with Gasteiger partial charge in [-0.3, -0.25) is 4.90 Å². The highest BCUT2D eigenvalue weighted by Gasteiger charge is 2.11. The molecule has 3 aromatic rings. The summed E-state index contributed by atoms with van der Waals surface area (Å²) in [7, 11) is 1.85. The third-order valence-electron chi connectivity index (χ3n) is 3.42. The van der Waals surface area contributed by atoms with Crippen LogP contribution in [0.5, 0.6) is 5.75 Å². The molecule has 0 N–H and O–H groups in total. The summed E-state index contributed by atoms with van der Waals surface area (Å²) in [4.78, 5) is 6.21. The smallest absolute Gasteiger partial charge is 0.270 e. The van der Waals surface area contributed by atoms with Crippen LogP contribution in [0.2, 0.25) is 0 Å². The summed E-state index contributed by atoms with van der Waals surface area (Å²) in [6, 6.07) is 19.9. The van der Waals surface area contributed by atoms with Gasteiger partial charge in [0.1, 0.15) is 11.6 Å². The molecule has 1 aromatic heterocycles. The van der Waals surface area contributed by atoms with Crippen LogP contribution >= 0.6 is 12.2 Å². The first-order chi connectivity index (χ1) is 10.6. The lowest BCUT2D eigenvalue weighted by Gasteiger charge is -2.19. The molecular weight excluding hydrogens is 292 g/mol. The topological polar surface area (TPSA) is 25.4 Å². The molecule has 0 spiro atoms. The van der Waals surface area contributed by atoms with Gasteiger partial charge in [-0.2, -0.15) is 0 Å². The van der Waals surface area contributed by atoms with Gasteiger partial charge in [0.2, 0.25) is 0 Å². The van der Waals surface area contributed by atoms with E-state index in [1.807, 2.05) is 62.5 Å². The predicted octanol–water partition coefficient (Wildman–Crippen LogP) is 4.34. The van der Waals surface area contributed by atoms with Crippen LogP contribution in [0.25, 0.3) is 10.8 Å². The molecule has 0 aliphatic heterocycles. The minimum absolute atomic E-state index is 0.369. The minimum atomic E-state index is 0.369. The lowest BCUT2D eigenvalue weighted by atomic mass is 10.1. The molecule has 110 valence electrons. The normalized spacial score (nSPS) is 10.5. The average Bonchev–Trinajstić information content (AvgIpc) is 2.54. The van der Waals surface area contributed by atoms with Gasteiger partial charge in [-0.05, 0) is 54.2 Å². The summed E-state index contributed by atoms with van der Waals surface area (Å²) in [6.45, 7) is 1.95. The maximum atomic E-state index is 5.80. The van der Waals surface area contributed by atoms with Crippen molar-refractivity contribution in [2.75, 3.05) is 11.9 Å². The highest BCUT2D eigenvalue weighted by atomic mass is 32.1. The molecule has 0 saturated heterocycles. The first-order valence-corrected chi connectivity index (χ1v) is 7.42. The molecule has 3 nitrogen and oxygen atoms in total. The molecule has 1 heterocycles. The van der Waals surface area contributed by atoms with Crippen molar-refractivity contribution in [3.63, 3.8) is 0 Å². The van der Waals surface area contributed by atoms with Gasteiger partial charge in [0.15, 0.2) is 0 Å². The second-order valence-corrected chi connectivity index (χ2v) is 5.42. The number of hydrogen-bond donors (Lipinski definition) is 0. The molecule has 0 aliphatic rings. The standard InChI is InChI=1S/C18H16N2OS/c1-13-6-5-9-17(19-13)20(2)18(22)21-16-11-10-14-7-3-4-8-15(14)12-16/h3-12H,1-2H3. The highest BCUT2D eigenvalue weighted by molar-refractivity contribution is 7.80. The Labute approximate surface area is 135 Å². The SMILES string of the molecule is Cc1cccc(N(C)C(=S)Oc2ccc3ccccc3c2)n1. The van der Waals surface area contributed by atoms with Crippen LogP contribution in [0.15, 0.2) is 60.7 Å². The van der Waals surface area contributed by atoms with E-state index in [-0.39, 0.29) is 0 Å². The second-order valence-electron chi connectivity index (χ2n) is 5.07. The van der Waals surface area contributed by atoms with E-state index < -0.39 is 0 Å². The molecule has 0 bridgehead atoms. The number of anilines is 1. The quantitative estimate of drug-likeness (QED) is 0.658. The monoisotopic (exact) mass is 308 g/mol. The summed E-state index contributed by atoms with van der Waals surface area (Å²) < 4.78 is 5.80. The molecule has 0 saturated carbocycles. The number of pyridine rings is 1. The van der Waals surface area contributed by atoms with E-state index in [0.29, 0.717) is 5.17 Å². The van der Waals surface area contributed by atoms with Crippen molar-refractivity contribution in [1.29, 1.82) is 0 Å². The molecule has 4 heteroatoms. The first-order valence-electron chi connectivity index (χ1n) is 7.01. The van der Waals surface area contributed by atoms with Crippen LogP contribution in [0.1, 0.15) is 5.69 Å². The number of rotatable bonds is 2. The van der Waals surface area contributed by atoms with Gasteiger partial charge in [-0.15, -0.1) is 0 Å². The van der Waals surface area contributed by atoms with Crippen LogP contribution in [0.3, 0.4) is 0 Å². The zero-order valence-electron chi connectivity index (χ0n) is 12.5. The zero-order valence-corrected chi connectivity index (χ0v) is 13.3. The van der Waals surface area contributed by atoms with Crippen molar-refractivity contribution in [3.05, 3.63) is 66.4 Å². The Balaban J connectivity index is 1.80. The summed E-state index contributed by atoms with van der Waals surface area (Å²) in [5, 5.41) is 2.67. The maximum Gasteiger partial charge on any atom is 0.270 e. The molecule has 22 heavy (non-hydrogen) atoms. The summed E-state index contributed by atoms with van der Waals surface area (Å²) in [5.41, 5.74) is 0.942. The number of benzene rings is 2. The first kappa shape index (κ1) is 14.5. The van der Waals surface area contributed by atoms with Crippen molar-refractivity contribution >= 4 is 34.0 Å². The Hall–Kier alpha value is -2.46. The fraction of sp³-hybridized carbons (Fsp3) is 0.111. The summed E-state index contributed by atoms with van der Waals surface area (Å²) in [6.07, 6.45) is 0. The fourth-order valence-electron chi connectivity index (χ4n) is 2.21. The van der Waals surface area contributed by atoms with E-state index in [4.69, 9.17) is 17.0 Å². The van der Waals surface area contributed by atoms with Crippen LogP contribution in [0.4, 0.5) is 5.82 Å². The van der Waals surface area contributed by atoms with E-state index in [9.17, 15) is 0 Å². The van der Waals surface area contributed by atoms with Crippen molar-refractivity contribution in [2.45, 2.75) is 6.92 Å². The largest absolute Gasteiger partial charge is 0.432 e. The van der Waals surface area contributed by atoms with E-state index in [1.54, 1.807) is 4.90 Å². The molecule has 3 rings (SSSR count). The Morgan fingerprint density at radius 3 is 2.55 bits per heavy atom. The van der Waals surface area contributed by atoms with E-state index in [1.165, 1.54) is 5.39 Å². The van der Waals surface area contributed by atoms with Crippen molar-refractivity contribution < 1.29 is 4.74 Å². The fourth-order valence-corrected chi connectivity index (χ4v) is 2.40. The molecule has 0 amide bonds. The van der Waals surface area contributed by atoms with Crippen LogP contribution in [0, 0.1) is 6.92 Å². The van der Waals surface area contributed by atoms with Gasteiger partial charge < -0.3 is 4.74 Å². The Bertz CT molecular complexity index is 832. The van der Waals surface area contributed by atoms with Crippen LogP contribution in [-0.2, 0) is 0 Å². The van der Waals surface area contributed by atoms with Crippen molar-refractivity contribution in [2.24, 2.45) is 0 Å².